The Labute approximate surface area is 146 Å². The first-order valence-corrected chi connectivity index (χ1v) is 9.78. The van der Waals surface area contributed by atoms with Crippen molar-refractivity contribution in [2.75, 3.05) is 6.61 Å². The third kappa shape index (κ3) is 4.68. The molecule has 0 aliphatic heterocycles. The van der Waals surface area contributed by atoms with Crippen molar-refractivity contribution in [3.8, 4) is 0 Å². The fraction of sp³-hybridized carbons (Fsp3) is 0.810. The fourth-order valence-corrected chi connectivity index (χ4v) is 4.26. The second-order valence-corrected chi connectivity index (χ2v) is 7.96. The van der Waals surface area contributed by atoms with Gasteiger partial charge in [-0.2, -0.15) is 0 Å². The van der Waals surface area contributed by atoms with E-state index in [-0.39, 0.29) is 12.5 Å². The van der Waals surface area contributed by atoms with Gasteiger partial charge in [-0.25, -0.2) is 8.78 Å². The van der Waals surface area contributed by atoms with Gasteiger partial charge >= 0.3 is 0 Å². The first-order valence-electron chi connectivity index (χ1n) is 9.78. The summed E-state index contributed by atoms with van der Waals surface area (Å²) in [7, 11) is 0. The highest BCUT2D eigenvalue weighted by Gasteiger charge is 2.41. The first-order chi connectivity index (χ1) is 11.5. The maximum atomic E-state index is 14.5. The molecule has 0 spiro atoms. The molecule has 0 amide bonds. The highest BCUT2D eigenvalue weighted by atomic mass is 19.2. The molecule has 1 nitrogen and oxygen atoms in total. The Morgan fingerprint density at radius 1 is 1.17 bits per heavy atom. The topological polar surface area (TPSA) is 9.23 Å². The molecule has 0 radical (unpaired) electrons. The van der Waals surface area contributed by atoms with Gasteiger partial charge in [0.25, 0.3) is 0 Å². The number of ether oxygens (including phenoxy) is 1. The van der Waals surface area contributed by atoms with E-state index < -0.39 is 17.1 Å². The van der Waals surface area contributed by atoms with Crippen molar-refractivity contribution >= 4 is 0 Å². The van der Waals surface area contributed by atoms with Gasteiger partial charge in [0.15, 0.2) is 0 Å². The van der Waals surface area contributed by atoms with Crippen molar-refractivity contribution in [2.45, 2.75) is 84.2 Å². The quantitative estimate of drug-likeness (QED) is 0.458. The molecule has 2 aliphatic carbocycles. The molecule has 1 fully saturated rings. The van der Waals surface area contributed by atoms with Crippen molar-refractivity contribution in [1.29, 1.82) is 0 Å². The van der Waals surface area contributed by atoms with Crippen LogP contribution < -0.4 is 0 Å². The van der Waals surface area contributed by atoms with Gasteiger partial charge < -0.3 is 4.74 Å². The van der Waals surface area contributed by atoms with E-state index in [2.05, 4.69) is 6.58 Å². The molecule has 0 aromatic heterocycles. The van der Waals surface area contributed by atoms with E-state index in [0.29, 0.717) is 25.4 Å². The van der Waals surface area contributed by atoms with Crippen LogP contribution in [0.15, 0.2) is 24.3 Å². The van der Waals surface area contributed by atoms with Crippen LogP contribution in [0.25, 0.3) is 0 Å². The van der Waals surface area contributed by atoms with E-state index in [1.54, 1.807) is 0 Å². The predicted octanol–water partition coefficient (Wildman–Crippen LogP) is 6.90. The highest BCUT2D eigenvalue weighted by Crippen LogP contribution is 2.45. The van der Waals surface area contributed by atoms with Crippen molar-refractivity contribution < 1.29 is 13.5 Å². The average molecular weight is 340 g/mol. The molecule has 0 bridgehead atoms. The molecule has 0 N–H and O–H groups in total. The SMILES string of the molecule is C=CCCC1CCC(COC2CCCC(F)=C(F)C2(C)CC)CC1. The standard InChI is InChI=1S/C21H34F2O/c1-4-6-8-16-11-13-17(14-12-16)15-24-19-10-7-9-18(22)20(23)21(19,3)5-2/h4,16-17,19H,1,5-15H2,2-3H3. The molecule has 2 aliphatic rings. The summed E-state index contributed by atoms with van der Waals surface area (Å²) in [6, 6.07) is 0. The normalized spacial score (nSPS) is 34.9. The van der Waals surface area contributed by atoms with Gasteiger partial charge in [-0.3, -0.25) is 0 Å². The van der Waals surface area contributed by atoms with Gasteiger partial charge in [-0.15, -0.1) is 6.58 Å². The minimum Gasteiger partial charge on any atom is -0.377 e. The van der Waals surface area contributed by atoms with Gasteiger partial charge in [0.2, 0.25) is 0 Å². The summed E-state index contributed by atoms with van der Waals surface area (Å²) >= 11 is 0. The second kappa shape index (κ2) is 9.12. The fourth-order valence-electron chi connectivity index (χ4n) is 4.26. The molecule has 24 heavy (non-hydrogen) atoms. The smallest absolute Gasteiger partial charge is 0.140 e. The van der Waals surface area contributed by atoms with Crippen LogP contribution in [0.2, 0.25) is 0 Å². The monoisotopic (exact) mass is 340 g/mol. The third-order valence-electron chi connectivity index (χ3n) is 6.33. The molecule has 2 rings (SSSR count). The number of allylic oxidation sites excluding steroid dienone is 2. The van der Waals surface area contributed by atoms with Gasteiger partial charge in [0.1, 0.15) is 11.7 Å². The van der Waals surface area contributed by atoms with Gasteiger partial charge in [-0.1, -0.05) is 32.8 Å². The number of rotatable bonds is 7. The Hall–Kier alpha value is -0.700. The number of hydrogen-bond acceptors (Lipinski definition) is 1. The lowest BCUT2D eigenvalue weighted by atomic mass is 9.78. The maximum Gasteiger partial charge on any atom is 0.140 e. The highest BCUT2D eigenvalue weighted by molar-refractivity contribution is 5.15. The number of hydrogen-bond donors (Lipinski definition) is 0. The van der Waals surface area contributed by atoms with E-state index in [1.165, 1.54) is 32.1 Å². The van der Waals surface area contributed by atoms with Crippen LogP contribution in [0.4, 0.5) is 8.78 Å². The lowest BCUT2D eigenvalue weighted by Crippen LogP contribution is -2.36. The van der Waals surface area contributed by atoms with Gasteiger partial charge in [0, 0.05) is 18.4 Å². The molecule has 1 saturated carbocycles. The molecular weight excluding hydrogens is 306 g/mol. The largest absolute Gasteiger partial charge is 0.377 e. The van der Waals surface area contributed by atoms with Crippen molar-refractivity contribution in [3.05, 3.63) is 24.3 Å². The number of halogens is 2. The van der Waals surface area contributed by atoms with Gasteiger partial charge in [0.05, 0.1) is 6.10 Å². The summed E-state index contributed by atoms with van der Waals surface area (Å²) in [6.45, 7) is 8.25. The van der Waals surface area contributed by atoms with Crippen LogP contribution in [0.5, 0.6) is 0 Å². The molecule has 2 unspecified atom stereocenters. The molecule has 0 aromatic carbocycles. The zero-order chi connectivity index (χ0) is 17.6. The molecule has 0 aromatic rings. The molecule has 3 heteroatoms. The zero-order valence-electron chi connectivity index (χ0n) is 15.5. The Morgan fingerprint density at radius 3 is 2.46 bits per heavy atom. The Bertz CT molecular complexity index is 437. The van der Waals surface area contributed by atoms with Crippen molar-refractivity contribution in [2.24, 2.45) is 17.3 Å². The Kier molecular flexibility index (Phi) is 7.46. The summed E-state index contributed by atoms with van der Waals surface area (Å²) in [4.78, 5) is 0. The Balaban J connectivity index is 1.86. The van der Waals surface area contributed by atoms with Crippen LogP contribution in [-0.4, -0.2) is 12.7 Å². The predicted molar refractivity (Wildman–Crippen MR) is 96.1 cm³/mol. The van der Waals surface area contributed by atoms with Crippen LogP contribution in [0.3, 0.4) is 0 Å². The van der Waals surface area contributed by atoms with Crippen LogP contribution in [-0.2, 0) is 4.74 Å². The lowest BCUT2D eigenvalue weighted by Gasteiger charge is -2.36. The van der Waals surface area contributed by atoms with Crippen LogP contribution in [0.1, 0.15) is 78.1 Å². The maximum absolute atomic E-state index is 14.5. The van der Waals surface area contributed by atoms with E-state index in [0.717, 1.165) is 18.8 Å². The average Bonchev–Trinajstić information content (AvgIpc) is 2.71. The van der Waals surface area contributed by atoms with Gasteiger partial charge in [-0.05, 0) is 56.8 Å². The molecule has 0 heterocycles. The van der Waals surface area contributed by atoms with E-state index in [1.807, 2.05) is 19.9 Å². The lowest BCUT2D eigenvalue weighted by molar-refractivity contribution is -0.0514. The van der Waals surface area contributed by atoms with Crippen LogP contribution in [0, 0.1) is 17.3 Å². The first kappa shape index (κ1) is 19.6. The summed E-state index contributed by atoms with van der Waals surface area (Å²) in [5.74, 6) is 0.271. The molecule has 0 saturated heterocycles. The van der Waals surface area contributed by atoms with Crippen LogP contribution >= 0.6 is 0 Å². The minimum atomic E-state index is -0.804. The summed E-state index contributed by atoms with van der Waals surface area (Å²) in [6.07, 6.45) is 11.3. The molecule has 138 valence electrons. The molecular formula is C21H34F2O. The van der Waals surface area contributed by atoms with Crippen molar-refractivity contribution in [3.63, 3.8) is 0 Å². The minimum absolute atomic E-state index is 0.200. The van der Waals surface area contributed by atoms with Crippen molar-refractivity contribution in [1.82, 2.24) is 0 Å². The Morgan fingerprint density at radius 2 is 1.83 bits per heavy atom. The summed E-state index contributed by atoms with van der Waals surface area (Å²) in [5.41, 5.74) is -0.804. The van der Waals surface area contributed by atoms with E-state index >= 15 is 0 Å². The third-order valence-corrected chi connectivity index (χ3v) is 6.33. The zero-order valence-corrected chi connectivity index (χ0v) is 15.5. The molecule has 2 atom stereocenters. The van der Waals surface area contributed by atoms with E-state index in [4.69, 9.17) is 4.74 Å². The second-order valence-electron chi connectivity index (χ2n) is 7.96. The van der Waals surface area contributed by atoms with E-state index in [9.17, 15) is 8.78 Å². The summed E-state index contributed by atoms with van der Waals surface area (Å²) < 4.78 is 34.5. The summed E-state index contributed by atoms with van der Waals surface area (Å²) in [5, 5.41) is 0.